The fourth-order valence-corrected chi connectivity index (χ4v) is 1.61. The maximum absolute atomic E-state index is 10.8. The summed E-state index contributed by atoms with van der Waals surface area (Å²) < 4.78 is 0. The van der Waals surface area contributed by atoms with Crippen molar-refractivity contribution in [3.63, 3.8) is 0 Å². The molecule has 1 aromatic heterocycles. The third-order valence-electron chi connectivity index (χ3n) is 1.47. The van der Waals surface area contributed by atoms with Gasteiger partial charge < -0.3 is 5.73 Å². The molecule has 1 heterocycles. The number of hydrogen-bond acceptors (Lipinski definition) is 3. The van der Waals surface area contributed by atoms with Gasteiger partial charge in [0.05, 0.1) is 5.03 Å². The minimum Gasteiger partial charge on any atom is -0.366 e. The summed E-state index contributed by atoms with van der Waals surface area (Å²) in [6.45, 7) is 2.10. The molecule has 1 aromatic rings. The largest absolute Gasteiger partial charge is 0.366 e. The lowest BCUT2D eigenvalue weighted by molar-refractivity contribution is 0.1000. The van der Waals surface area contributed by atoms with E-state index in [1.54, 1.807) is 30.1 Å². The Morgan fingerprint density at radius 1 is 1.69 bits per heavy atom. The van der Waals surface area contributed by atoms with Gasteiger partial charge in [0.15, 0.2) is 0 Å². The molecule has 1 amide bonds. The third-order valence-corrected chi connectivity index (χ3v) is 2.60. The van der Waals surface area contributed by atoms with E-state index in [-0.39, 0.29) is 0 Å². The average molecular weight is 196 g/mol. The van der Waals surface area contributed by atoms with Crippen LogP contribution in [0.1, 0.15) is 23.7 Å². The van der Waals surface area contributed by atoms with E-state index in [1.807, 2.05) is 0 Å². The summed E-state index contributed by atoms with van der Waals surface area (Å²) in [5, 5.41) is 0.859. The van der Waals surface area contributed by atoms with Gasteiger partial charge in [-0.3, -0.25) is 4.79 Å². The maximum atomic E-state index is 10.8. The van der Waals surface area contributed by atoms with Gasteiger partial charge in [-0.05, 0) is 24.3 Å². The fourth-order valence-electron chi connectivity index (χ4n) is 0.848. The molecule has 0 bridgehead atoms. The van der Waals surface area contributed by atoms with Gasteiger partial charge in [0, 0.05) is 11.8 Å². The van der Waals surface area contributed by atoms with E-state index in [2.05, 4.69) is 11.9 Å². The van der Waals surface area contributed by atoms with E-state index in [4.69, 9.17) is 5.73 Å². The molecule has 1 rings (SSSR count). The van der Waals surface area contributed by atoms with E-state index in [0.717, 1.165) is 17.2 Å². The van der Waals surface area contributed by atoms with Crippen molar-refractivity contribution < 1.29 is 4.79 Å². The van der Waals surface area contributed by atoms with Crippen molar-refractivity contribution in [2.45, 2.75) is 18.4 Å². The van der Waals surface area contributed by atoms with Crippen LogP contribution in [0.3, 0.4) is 0 Å². The molecule has 0 aliphatic rings. The van der Waals surface area contributed by atoms with Crippen molar-refractivity contribution in [1.29, 1.82) is 0 Å². The van der Waals surface area contributed by atoms with Gasteiger partial charge in [-0.25, -0.2) is 4.98 Å². The van der Waals surface area contributed by atoms with Crippen LogP contribution in [0.4, 0.5) is 0 Å². The van der Waals surface area contributed by atoms with E-state index < -0.39 is 5.91 Å². The molecule has 3 nitrogen and oxygen atoms in total. The van der Waals surface area contributed by atoms with Crippen LogP contribution < -0.4 is 5.73 Å². The Labute approximate surface area is 81.7 Å². The highest BCUT2D eigenvalue weighted by Crippen LogP contribution is 2.16. The quantitative estimate of drug-likeness (QED) is 0.745. The minimum absolute atomic E-state index is 0.402. The Kier molecular flexibility index (Phi) is 3.76. The Hall–Kier alpha value is -1.03. The van der Waals surface area contributed by atoms with Gasteiger partial charge in [-0.1, -0.05) is 6.92 Å². The van der Waals surface area contributed by atoms with Crippen molar-refractivity contribution in [3.8, 4) is 0 Å². The number of aromatic nitrogens is 1. The zero-order chi connectivity index (χ0) is 9.68. The number of carbonyl (C=O) groups is 1. The van der Waals surface area contributed by atoms with Crippen molar-refractivity contribution in [2.75, 3.05) is 5.75 Å². The van der Waals surface area contributed by atoms with Crippen LogP contribution in [-0.2, 0) is 0 Å². The van der Waals surface area contributed by atoms with Gasteiger partial charge in [0.2, 0.25) is 5.91 Å². The molecular formula is C9H12N2OS. The number of carbonyl (C=O) groups excluding carboxylic acids is 1. The topological polar surface area (TPSA) is 56.0 Å². The molecule has 0 atom stereocenters. The number of rotatable bonds is 4. The highest BCUT2D eigenvalue weighted by Gasteiger charge is 2.01. The zero-order valence-electron chi connectivity index (χ0n) is 7.49. The number of primary amides is 1. The summed E-state index contributed by atoms with van der Waals surface area (Å²) in [6, 6.07) is 3.35. The molecule has 70 valence electrons. The van der Waals surface area contributed by atoms with Crippen LogP contribution in [0.5, 0.6) is 0 Å². The molecule has 0 fully saturated rings. The van der Waals surface area contributed by atoms with Crippen LogP contribution in [0, 0.1) is 0 Å². The highest BCUT2D eigenvalue weighted by atomic mass is 32.2. The smallest absolute Gasteiger partial charge is 0.248 e. The zero-order valence-corrected chi connectivity index (χ0v) is 8.30. The maximum Gasteiger partial charge on any atom is 0.248 e. The first-order valence-corrected chi connectivity index (χ1v) is 5.11. The molecule has 2 N–H and O–H groups in total. The lowest BCUT2D eigenvalue weighted by atomic mass is 10.3. The first-order valence-electron chi connectivity index (χ1n) is 4.12. The molecule has 0 saturated heterocycles. The van der Waals surface area contributed by atoms with E-state index >= 15 is 0 Å². The normalized spacial score (nSPS) is 9.92. The SMILES string of the molecule is CCCSc1cc(C(N)=O)ccn1. The molecule has 0 unspecified atom stereocenters. The standard InChI is InChI=1S/C9H12N2OS/c1-2-5-13-8-6-7(9(10)12)3-4-11-8/h3-4,6H,2,5H2,1H3,(H2,10,12). The van der Waals surface area contributed by atoms with E-state index in [9.17, 15) is 4.79 Å². The Morgan fingerprint density at radius 3 is 3.08 bits per heavy atom. The number of pyridine rings is 1. The van der Waals surface area contributed by atoms with Crippen molar-refractivity contribution in [1.82, 2.24) is 4.98 Å². The van der Waals surface area contributed by atoms with Crippen LogP contribution in [0.25, 0.3) is 0 Å². The number of nitrogens with two attached hydrogens (primary N) is 1. The summed E-state index contributed by atoms with van der Waals surface area (Å²) in [4.78, 5) is 14.9. The second-order valence-electron chi connectivity index (χ2n) is 2.60. The van der Waals surface area contributed by atoms with Crippen molar-refractivity contribution in [2.24, 2.45) is 5.73 Å². The van der Waals surface area contributed by atoms with Crippen LogP contribution >= 0.6 is 11.8 Å². The highest BCUT2D eigenvalue weighted by molar-refractivity contribution is 7.99. The molecule has 0 radical (unpaired) electrons. The lowest BCUT2D eigenvalue weighted by Gasteiger charge is -1.99. The molecule has 0 aliphatic carbocycles. The second kappa shape index (κ2) is 4.87. The van der Waals surface area contributed by atoms with Crippen LogP contribution in [-0.4, -0.2) is 16.6 Å². The second-order valence-corrected chi connectivity index (χ2v) is 3.71. The molecule has 0 saturated carbocycles. The lowest BCUT2D eigenvalue weighted by Crippen LogP contribution is -2.10. The fraction of sp³-hybridized carbons (Fsp3) is 0.333. The molecule has 13 heavy (non-hydrogen) atoms. The monoisotopic (exact) mass is 196 g/mol. The summed E-state index contributed by atoms with van der Waals surface area (Å²) in [7, 11) is 0. The van der Waals surface area contributed by atoms with Gasteiger partial charge >= 0.3 is 0 Å². The predicted octanol–water partition coefficient (Wildman–Crippen LogP) is 1.68. The van der Waals surface area contributed by atoms with Crippen molar-refractivity contribution >= 4 is 17.7 Å². The first kappa shape index (κ1) is 10.1. The predicted molar refractivity (Wildman–Crippen MR) is 53.8 cm³/mol. The van der Waals surface area contributed by atoms with Gasteiger partial charge in [-0.2, -0.15) is 0 Å². The Morgan fingerprint density at radius 2 is 2.46 bits per heavy atom. The van der Waals surface area contributed by atoms with Gasteiger partial charge in [0.1, 0.15) is 0 Å². The molecule has 0 aliphatic heterocycles. The molecular weight excluding hydrogens is 184 g/mol. The third kappa shape index (κ3) is 3.06. The first-order chi connectivity index (χ1) is 6.24. The molecule has 0 spiro atoms. The molecule has 4 heteroatoms. The average Bonchev–Trinajstić information content (AvgIpc) is 2.15. The minimum atomic E-state index is -0.402. The summed E-state index contributed by atoms with van der Waals surface area (Å²) >= 11 is 1.63. The number of thioether (sulfide) groups is 1. The Balaban J connectivity index is 2.73. The van der Waals surface area contributed by atoms with E-state index in [1.165, 1.54) is 0 Å². The van der Waals surface area contributed by atoms with Gasteiger partial charge in [0.25, 0.3) is 0 Å². The van der Waals surface area contributed by atoms with Crippen LogP contribution in [0.2, 0.25) is 0 Å². The number of hydrogen-bond donors (Lipinski definition) is 1. The van der Waals surface area contributed by atoms with Crippen LogP contribution in [0.15, 0.2) is 23.4 Å². The summed E-state index contributed by atoms with van der Waals surface area (Å²) in [5.41, 5.74) is 5.66. The Bertz CT molecular complexity index is 301. The van der Waals surface area contributed by atoms with E-state index in [0.29, 0.717) is 5.56 Å². The summed E-state index contributed by atoms with van der Waals surface area (Å²) in [5.74, 6) is 0.607. The number of nitrogens with zero attached hydrogens (tertiary/aromatic N) is 1. The van der Waals surface area contributed by atoms with Crippen molar-refractivity contribution in [3.05, 3.63) is 23.9 Å². The molecule has 0 aromatic carbocycles. The summed E-state index contributed by atoms with van der Waals surface area (Å²) in [6.07, 6.45) is 2.70. The van der Waals surface area contributed by atoms with Gasteiger partial charge in [-0.15, -0.1) is 11.8 Å². The number of amides is 1.